The number of anilines is 1. The maximum absolute atomic E-state index is 4.18. The van der Waals surface area contributed by atoms with Crippen LogP contribution in [0.4, 0.5) is 5.69 Å². The molecule has 0 saturated heterocycles. The second-order valence-corrected chi connectivity index (χ2v) is 3.20. The van der Waals surface area contributed by atoms with E-state index in [4.69, 9.17) is 0 Å². The first-order valence-electron chi connectivity index (χ1n) is 4.35. The lowest BCUT2D eigenvalue weighted by atomic mass is 10.1. The topological polar surface area (TPSA) is 16.1 Å². The first-order valence-corrected chi connectivity index (χ1v) is 4.35. The Morgan fingerprint density at radius 2 is 2.08 bits per heavy atom. The van der Waals surface area contributed by atoms with Gasteiger partial charge in [-0.1, -0.05) is 13.3 Å². The Morgan fingerprint density at radius 1 is 1.33 bits per heavy atom. The average Bonchev–Trinajstić information content (AvgIpc) is 2.05. The molecule has 0 aliphatic rings. The van der Waals surface area contributed by atoms with Gasteiger partial charge in [-0.25, -0.2) is 0 Å². The van der Waals surface area contributed by atoms with Gasteiger partial charge in [0.25, 0.3) is 0 Å². The molecule has 0 spiro atoms. The molecular weight excluding hydrogens is 148 g/mol. The number of aromatic nitrogens is 1. The van der Waals surface area contributed by atoms with Crippen LogP contribution in [0.2, 0.25) is 0 Å². The highest BCUT2D eigenvalue weighted by atomic mass is 15.1. The molecule has 0 fully saturated rings. The van der Waals surface area contributed by atoms with Crippen molar-refractivity contribution in [2.45, 2.75) is 19.8 Å². The van der Waals surface area contributed by atoms with Gasteiger partial charge >= 0.3 is 0 Å². The molecule has 1 heterocycles. The highest BCUT2D eigenvalue weighted by Crippen LogP contribution is 2.12. The molecule has 0 N–H and O–H groups in total. The van der Waals surface area contributed by atoms with Crippen molar-refractivity contribution in [3.05, 3.63) is 24.0 Å². The van der Waals surface area contributed by atoms with E-state index in [-0.39, 0.29) is 0 Å². The van der Waals surface area contributed by atoms with Gasteiger partial charge in [0, 0.05) is 20.3 Å². The van der Waals surface area contributed by atoms with Crippen LogP contribution in [0.1, 0.15) is 18.9 Å². The van der Waals surface area contributed by atoms with Crippen LogP contribution in [0.5, 0.6) is 0 Å². The van der Waals surface area contributed by atoms with Gasteiger partial charge < -0.3 is 4.90 Å². The van der Waals surface area contributed by atoms with Crippen LogP contribution in [0.15, 0.2) is 18.5 Å². The summed E-state index contributed by atoms with van der Waals surface area (Å²) in [6.07, 6.45) is 6.13. The normalized spacial score (nSPS) is 9.92. The fraction of sp³-hybridized carbons (Fsp3) is 0.500. The van der Waals surface area contributed by atoms with Crippen LogP contribution in [0.3, 0.4) is 0 Å². The molecule has 1 rings (SSSR count). The summed E-state index contributed by atoms with van der Waals surface area (Å²) in [7, 11) is 4.07. The van der Waals surface area contributed by atoms with E-state index in [1.807, 2.05) is 26.5 Å². The zero-order valence-electron chi connectivity index (χ0n) is 8.04. The summed E-state index contributed by atoms with van der Waals surface area (Å²) in [5.74, 6) is 0. The van der Waals surface area contributed by atoms with E-state index in [0.717, 1.165) is 6.42 Å². The molecule has 0 bridgehead atoms. The van der Waals surface area contributed by atoms with Gasteiger partial charge in [0.15, 0.2) is 0 Å². The molecule has 0 aromatic carbocycles. The van der Waals surface area contributed by atoms with Crippen LogP contribution in [-0.4, -0.2) is 19.1 Å². The van der Waals surface area contributed by atoms with E-state index < -0.39 is 0 Å². The lowest BCUT2D eigenvalue weighted by Gasteiger charge is -2.12. The number of hydrogen-bond acceptors (Lipinski definition) is 2. The van der Waals surface area contributed by atoms with Crippen molar-refractivity contribution in [3.8, 4) is 0 Å². The van der Waals surface area contributed by atoms with Crippen molar-refractivity contribution in [2.24, 2.45) is 0 Å². The molecule has 2 heteroatoms. The van der Waals surface area contributed by atoms with Crippen LogP contribution in [0, 0.1) is 0 Å². The summed E-state index contributed by atoms with van der Waals surface area (Å²) in [4.78, 5) is 6.26. The van der Waals surface area contributed by atoms with Gasteiger partial charge in [-0.15, -0.1) is 0 Å². The standard InChI is InChI=1S/C10H16N2/c1-4-5-9-6-10(12(2)3)8-11-7-9/h6-8H,4-5H2,1-3H3. The van der Waals surface area contributed by atoms with Crippen molar-refractivity contribution in [1.29, 1.82) is 0 Å². The van der Waals surface area contributed by atoms with E-state index in [9.17, 15) is 0 Å². The summed E-state index contributed by atoms with van der Waals surface area (Å²) in [5, 5.41) is 0. The molecule has 0 atom stereocenters. The molecule has 2 nitrogen and oxygen atoms in total. The third kappa shape index (κ3) is 2.22. The largest absolute Gasteiger partial charge is 0.376 e. The van der Waals surface area contributed by atoms with Gasteiger partial charge in [-0.05, 0) is 18.1 Å². The van der Waals surface area contributed by atoms with Crippen molar-refractivity contribution in [2.75, 3.05) is 19.0 Å². The molecule has 1 aromatic heterocycles. The van der Waals surface area contributed by atoms with Crippen LogP contribution < -0.4 is 4.90 Å². The SMILES string of the molecule is CCCc1cncc(N(C)C)c1. The molecule has 0 unspecified atom stereocenters. The smallest absolute Gasteiger partial charge is 0.0550 e. The first kappa shape index (κ1) is 9.04. The predicted octanol–water partition coefficient (Wildman–Crippen LogP) is 2.10. The van der Waals surface area contributed by atoms with Gasteiger partial charge in [-0.3, -0.25) is 4.98 Å². The average molecular weight is 164 g/mol. The molecule has 12 heavy (non-hydrogen) atoms. The van der Waals surface area contributed by atoms with Crippen molar-refractivity contribution in [3.63, 3.8) is 0 Å². The second-order valence-electron chi connectivity index (χ2n) is 3.20. The van der Waals surface area contributed by atoms with Gasteiger partial charge in [0.2, 0.25) is 0 Å². The summed E-state index contributed by atoms with van der Waals surface area (Å²) >= 11 is 0. The number of aryl methyl sites for hydroxylation is 1. The maximum atomic E-state index is 4.18. The molecule has 0 aliphatic heterocycles. The van der Waals surface area contributed by atoms with Crippen molar-refractivity contribution >= 4 is 5.69 Å². The van der Waals surface area contributed by atoms with E-state index in [1.54, 1.807) is 0 Å². The minimum absolute atomic E-state index is 1.12. The fourth-order valence-corrected chi connectivity index (χ4v) is 1.14. The number of pyridine rings is 1. The summed E-state index contributed by atoms with van der Waals surface area (Å²) < 4.78 is 0. The quantitative estimate of drug-likeness (QED) is 0.680. The molecular formula is C10H16N2. The van der Waals surface area contributed by atoms with Gasteiger partial charge in [0.1, 0.15) is 0 Å². The number of hydrogen-bond donors (Lipinski definition) is 0. The minimum Gasteiger partial charge on any atom is -0.376 e. The molecule has 0 aliphatic carbocycles. The Bertz CT molecular complexity index is 243. The Balaban J connectivity index is 2.81. The Morgan fingerprint density at radius 3 is 2.67 bits per heavy atom. The summed E-state index contributed by atoms with van der Waals surface area (Å²) in [5.41, 5.74) is 2.50. The third-order valence-corrected chi connectivity index (χ3v) is 1.84. The lowest BCUT2D eigenvalue weighted by molar-refractivity contribution is 0.911. The summed E-state index contributed by atoms with van der Waals surface area (Å²) in [6.45, 7) is 2.18. The highest BCUT2D eigenvalue weighted by molar-refractivity contribution is 5.44. The van der Waals surface area contributed by atoms with E-state index in [1.165, 1.54) is 17.7 Å². The Labute approximate surface area is 74.2 Å². The predicted molar refractivity (Wildman–Crippen MR) is 52.6 cm³/mol. The van der Waals surface area contributed by atoms with E-state index >= 15 is 0 Å². The van der Waals surface area contributed by atoms with E-state index in [0.29, 0.717) is 0 Å². The molecule has 0 amide bonds. The number of nitrogens with zero attached hydrogens (tertiary/aromatic N) is 2. The molecule has 0 radical (unpaired) electrons. The van der Waals surface area contributed by atoms with Crippen LogP contribution in [0.25, 0.3) is 0 Å². The second kappa shape index (κ2) is 4.10. The first-order chi connectivity index (χ1) is 5.74. The minimum atomic E-state index is 1.12. The molecule has 0 saturated carbocycles. The zero-order valence-corrected chi connectivity index (χ0v) is 8.04. The number of rotatable bonds is 3. The third-order valence-electron chi connectivity index (χ3n) is 1.84. The van der Waals surface area contributed by atoms with Gasteiger partial charge in [-0.2, -0.15) is 0 Å². The Hall–Kier alpha value is -1.05. The Kier molecular flexibility index (Phi) is 3.09. The fourth-order valence-electron chi connectivity index (χ4n) is 1.14. The zero-order chi connectivity index (χ0) is 8.97. The van der Waals surface area contributed by atoms with Crippen LogP contribution >= 0.6 is 0 Å². The van der Waals surface area contributed by atoms with Crippen molar-refractivity contribution < 1.29 is 0 Å². The van der Waals surface area contributed by atoms with Gasteiger partial charge in [0.05, 0.1) is 11.9 Å². The molecule has 66 valence electrons. The van der Waals surface area contributed by atoms with Crippen LogP contribution in [-0.2, 0) is 6.42 Å². The molecule has 1 aromatic rings. The van der Waals surface area contributed by atoms with E-state index in [2.05, 4.69) is 22.9 Å². The van der Waals surface area contributed by atoms with Crippen molar-refractivity contribution in [1.82, 2.24) is 4.98 Å². The maximum Gasteiger partial charge on any atom is 0.0550 e. The highest BCUT2D eigenvalue weighted by Gasteiger charge is 1.96. The lowest BCUT2D eigenvalue weighted by Crippen LogP contribution is -2.09. The monoisotopic (exact) mass is 164 g/mol. The summed E-state index contributed by atoms with van der Waals surface area (Å²) in [6, 6.07) is 2.19.